The van der Waals surface area contributed by atoms with E-state index in [1.54, 1.807) is 0 Å². The Hall–Kier alpha value is -1.39. The highest BCUT2D eigenvalue weighted by atomic mass is 16.5. The molecule has 1 heterocycles. The molecule has 1 fully saturated rings. The maximum absolute atomic E-state index is 12.4. The van der Waals surface area contributed by atoms with Crippen LogP contribution in [0.2, 0.25) is 0 Å². The van der Waals surface area contributed by atoms with E-state index in [9.17, 15) is 9.90 Å². The van der Waals surface area contributed by atoms with Crippen LogP contribution >= 0.6 is 0 Å². The van der Waals surface area contributed by atoms with E-state index in [2.05, 4.69) is 14.0 Å². The van der Waals surface area contributed by atoms with Crippen LogP contribution in [0, 0.1) is 5.92 Å². The first-order chi connectivity index (χ1) is 9.90. The van der Waals surface area contributed by atoms with Gasteiger partial charge in [-0.25, -0.2) is 0 Å². The average Bonchev–Trinajstić information content (AvgIpc) is 2.46. The monoisotopic (exact) mass is 292 g/mol. The smallest absolute Gasteiger partial charge is 0.316 e. The quantitative estimate of drug-likeness (QED) is 0.803. The standard InChI is InChI=1S/C17H25NO3/c1-12-11-18(3)13(2)10-17(12,20)15(16(19)21-4)14-8-6-5-7-9-14/h5-9,12-13,15,20H,10-11H2,1-4H3/p+1/t12-,13+,15+,17-/m1/s1. The third kappa shape index (κ3) is 2.97. The van der Waals surface area contributed by atoms with Gasteiger partial charge in [0, 0.05) is 12.3 Å². The summed E-state index contributed by atoms with van der Waals surface area (Å²) < 4.78 is 4.99. The van der Waals surface area contributed by atoms with Crippen LogP contribution < -0.4 is 4.90 Å². The zero-order chi connectivity index (χ0) is 15.6. The number of nitrogens with one attached hydrogen (secondary N) is 1. The number of esters is 1. The molecule has 0 bridgehead atoms. The van der Waals surface area contributed by atoms with Crippen LogP contribution in [0.3, 0.4) is 0 Å². The summed E-state index contributed by atoms with van der Waals surface area (Å²) in [7, 11) is 3.52. The maximum Gasteiger partial charge on any atom is 0.316 e. The van der Waals surface area contributed by atoms with Gasteiger partial charge in [0.25, 0.3) is 0 Å². The first-order valence-corrected chi connectivity index (χ1v) is 7.57. The number of benzene rings is 1. The van der Waals surface area contributed by atoms with Crippen LogP contribution in [-0.2, 0) is 9.53 Å². The fourth-order valence-corrected chi connectivity index (χ4v) is 3.52. The van der Waals surface area contributed by atoms with E-state index in [1.807, 2.05) is 37.3 Å². The molecule has 4 heteroatoms. The molecule has 0 spiro atoms. The number of carbonyl (C=O) groups excluding carboxylic acids is 1. The van der Waals surface area contributed by atoms with E-state index >= 15 is 0 Å². The molecule has 1 saturated heterocycles. The van der Waals surface area contributed by atoms with E-state index in [0.717, 1.165) is 12.1 Å². The molecule has 4 nitrogen and oxygen atoms in total. The summed E-state index contributed by atoms with van der Waals surface area (Å²) in [6.45, 7) is 4.98. The second-order valence-electron chi connectivity index (χ2n) is 6.41. The maximum atomic E-state index is 12.4. The van der Waals surface area contributed by atoms with Gasteiger partial charge in [0.2, 0.25) is 0 Å². The van der Waals surface area contributed by atoms with Gasteiger partial charge < -0.3 is 14.7 Å². The molecule has 2 rings (SSSR count). The number of carbonyl (C=O) groups is 1. The van der Waals surface area contributed by atoms with Gasteiger partial charge in [-0.15, -0.1) is 0 Å². The average molecular weight is 292 g/mol. The number of hydrogen-bond donors (Lipinski definition) is 2. The van der Waals surface area contributed by atoms with Crippen LogP contribution in [0.25, 0.3) is 0 Å². The van der Waals surface area contributed by atoms with Gasteiger partial charge in [-0.2, -0.15) is 0 Å². The molecular weight excluding hydrogens is 266 g/mol. The van der Waals surface area contributed by atoms with Crippen LogP contribution in [-0.4, -0.2) is 43.4 Å². The lowest BCUT2D eigenvalue weighted by molar-refractivity contribution is -0.916. The van der Waals surface area contributed by atoms with Crippen molar-refractivity contribution in [2.24, 2.45) is 5.92 Å². The summed E-state index contributed by atoms with van der Waals surface area (Å²) in [6, 6.07) is 9.78. The summed E-state index contributed by atoms with van der Waals surface area (Å²) in [5.41, 5.74) is -0.238. The number of aliphatic hydroxyl groups is 1. The molecule has 1 aliphatic heterocycles. The van der Waals surface area contributed by atoms with Crippen LogP contribution in [0.15, 0.2) is 30.3 Å². The van der Waals surface area contributed by atoms with Crippen LogP contribution in [0.5, 0.6) is 0 Å². The molecule has 1 aromatic carbocycles. The van der Waals surface area contributed by atoms with Gasteiger partial charge in [-0.05, 0) is 12.5 Å². The summed E-state index contributed by atoms with van der Waals surface area (Å²) in [6.07, 6.45) is 0.592. The Morgan fingerprint density at radius 1 is 1.38 bits per heavy atom. The van der Waals surface area contributed by atoms with Gasteiger partial charge in [0.05, 0.1) is 32.3 Å². The first-order valence-electron chi connectivity index (χ1n) is 7.57. The summed E-state index contributed by atoms with van der Waals surface area (Å²) in [4.78, 5) is 13.8. The molecule has 116 valence electrons. The van der Waals surface area contributed by atoms with Crippen molar-refractivity contribution in [3.05, 3.63) is 35.9 Å². The van der Waals surface area contributed by atoms with Crippen molar-refractivity contribution in [1.82, 2.24) is 0 Å². The Morgan fingerprint density at radius 2 is 2.00 bits per heavy atom. The van der Waals surface area contributed by atoms with Crippen molar-refractivity contribution >= 4 is 5.97 Å². The van der Waals surface area contributed by atoms with E-state index < -0.39 is 11.5 Å². The SMILES string of the molecule is COC(=O)[C@H](c1ccccc1)[C@@]1(O)C[C@H](C)[NH+](C)C[C@H]1C. The molecule has 21 heavy (non-hydrogen) atoms. The molecule has 2 N–H and O–H groups in total. The highest BCUT2D eigenvalue weighted by molar-refractivity contribution is 5.79. The highest BCUT2D eigenvalue weighted by Gasteiger charge is 2.52. The molecule has 1 aliphatic rings. The number of piperidine rings is 1. The molecule has 1 aromatic rings. The van der Waals surface area contributed by atoms with Crippen molar-refractivity contribution in [1.29, 1.82) is 0 Å². The number of rotatable bonds is 3. The van der Waals surface area contributed by atoms with Gasteiger partial charge in [0.15, 0.2) is 0 Å². The van der Waals surface area contributed by atoms with E-state index in [-0.39, 0.29) is 11.9 Å². The third-order valence-corrected chi connectivity index (χ3v) is 5.03. The lowest BCUT2D eigenvalue weighted by Gasteiger charge is -2.46. The second kappa shape index (κ2) is 6.16. The first kappa shape index (κ1) is 16.0. The predicted octanol–water partition coefficient (Wildman–Crippen LogP) is 0.617. The van der Waals surface area contributed by atoms with Gasteiger partial charge in [-0.3, -0.25) is 4.79 Å². The van der Waals surface area contributed by atoms with Gasteiger partial charge in [0.1, 0.15) is 5.92 Å². The molecule has 0 aliphatic carbocycles. The molecule has 0 saturated carbocycles. The van der Waals surface area contributed by atoms with Crippen molar-refractivity contribution in [2.75, 3.05) is 20.7 Å². The lowest BCUT2D eigenvalue weighted by atomic mass is 9.68. The minimum Gasteiger partial charge on any atom is -0.468 e. The zero-order valence-corrected chi connectivity index (χ0v) is 13.3. The number of hydrogen-bond acceptors (Lipinski definition) is 3. The van der Waals surface area contributed by atoms with Crippen molar-refractivity contribution in [2.45, 2.75) is 37.8 Å². The Labute approximate surface area is 126 Å². The molecule has 1 unspecified atom stereocenters. The van der Waals surface area contributed by atoms with E-state index in [0.29, 0.717) is 12.5 Å². The van der Waals surface area contributed by atoms with E-state index in [4.69, 9.17) is 4.74 Å². The molecule has 0 radical (unpaired) electrons. The summed E-state index contributed by atoms with van der Waals surface area (Å²) >= 11 is 0. The lowest BCUT2D eigenvalue weighted by Crippen LogP contribution is -3.15. The molecular formula is C17H26NO3+. The van der Waals surface area contributed by atoms with E-state index in [1.165, 1.54) is 12.0 Å². The van der Waals surface area contributed by atoms with Crippen molar-refractivity contribution in [3.63, 3.8) is 0 Å². The second-order valence-corrected chi connectivity index (χ2v) is 6.41. The fourth-order valence-electron chi connectivity index (χ4n) is 3.52. The van der Waals surface area contributed by atoms with Gasteiger partial charge >= 0.3 is 5.97 Å². The topological polar surface area (TPSA) is 51.0 Å². The Bertz CT molecular complexity index is 490. The molecule has 5 atom stereocenters. The largest absolute Gasteiger partial charge is 0.468 e. The van der Waals surface area contributed by atoms with Crippen LogP contribution in [0.4, 0.5) is 0 Å². The van der Waals surface area contributed by atoms with Crippen LogP contribution in [0.1, 0.15) is 31.7 Å². The third-order valence-electron chi connectivity index (χ3n) is 5.03. The van der Waals surface area contributed by atoms with Gasteiger partial charge in [-0.1, -0.05) is 37.3 Å². The summed E-state index contributed by atoms with van der Waals surface area (Å²) in [5.74, 6) is -0.963. The Morgan fingerprint density at radius 3 is 2.57 bits per heavy atom. The number of quaternary nitrogens is 1. The number of ether oxygens (including phenoxy) is 1. The summed E-state index contributed by atoms with van der Waals surface area (Å²) in [5, 5.41) is 11.3. The van der Waals surface area contributed by atoms with Crippen molar-refractivity contribution in [3.8, 4) is 0 Å². The number of methoxy groups -OCH3 is 1. The number of likely N-dealkylation sites (tertiary alicyclic amines) is 1. The van der Waals surface area contributed by atoms with Crippen molar-refractivity contribution < 1.29 is 19.5 Å². The molecule has 0 amide bonds. The minimum absolute atomic E-state index is 0.0259. The normalized spacial score (nSPS) is 34.2. The zero-order valence-electron chi connectivity index (χ0n) is 13.3. The highest BCUT2D eigenvalue weighted by Crippen LogP contribution is 2.39. The Kier molecular flexibility index (Phi) is 4.69. The minimum atomic E-state index is -1.06. The fraction of sp³-hybridized carbons (Fsp3) is 0.588. The Balaban J connectivity index is 2.42. The predicted molar refractivity (Wildman–Crippen MR) is 81.1 cm³/mol. The molecule has 0 aromatic heterocycles.